The first kappa shape index (κ1) is 22.6. The second-order valence-corrected chi connectivity index (χ2v) is 5.30. The molecule has 11 nitrogen and oxygen atoms in total. The zero-order chi connectivity index (χ0) is 20.7. The number of rotatable bonds is 9. The van der Waals surface area contributed by atoms with Crippen LogP contribution in [0.3, 0.4) is 0 Å². The van der Waals surface area contributed by atoms with Crippen molar-refractivity contribution < 1.29 is 54.1 Å². The van der Waals surface area contributed by atoms with E-state index in [2.05, 4.69) is 4.74 Å². The third kappa shape index (κ3) is 5.28. The Labute approximate surface area is 154 Å². The van der Waals surface area contributed by atoms with Crippen LogP contribution in [0.2, 0.25) is 0 Å². The van der Waals surface area contributed by atoms with Gasteiger partial charge in [0.15, 0.2) is 17.6 Å². The second-order valence-electron chi connectivity index (χ2n) is 5.30. The van der Waals surface area contributed by atoms with E-state index in [1.807, 2.05) is 0 Å². The molecule has 0 bridgehead atoms. The molecule has 1 aromatic carbocycles. The molecular formula is C16H22O11. The van der Waals surface area contributed by atoms with Crippen LogP contribution in [-0.4, -0.2) is 89.8 Å². The van der Waals surface area contributed by atoms with Gasteiger partial charge < -0.3 is 44.5 Å². The lowest BCUT2D eigenvalue weighted by Crippen LogP contribution is -2.49. The molecule has 1 rings (SSSR count). The van der Waals surface area contributed by atoms with Gasteiger partial charge >= 0.3 is 11.9 Å². The monoisotopic (exact) mass is 390 g/mol. The van der Waals surface area contributed by atoms with E-state index in [4.69, 9.17) is 19.3 Å². The molecule has 0 aromatic heterocycles. The van der Waals surface area contributed by atoms with Crippen LogP contribution >= 0.6 is 0 Å². The van der Waals surface area contributed by atoms with Crippen LogP contribution in [0.15, 0.2) is 12.1 Å². The summed E-state index contributed by atoms with van der Waals surface area (Å²) < 4.78 is 19.7. The summed E-state index contributed by atoms with van der Waals surface area (Å²) in [7, 11) is 3.98. The number of carbonyl (C=O) groups is 2. The number of methoxy groups -OCH3 is 3. The van der Waals surface area contributed by atoms with Gasteiger partial charge in [-0.15, -0.1) is 0 Å². The van der Waals surface area contributed by atoms with E-state index in [-0.39, 0.29) is 22.8 Å². The van der Waals surface area contributed by atoms with Crippen LogP contribution in [-0.2, 0) is 9.53 Å². The van der Waals surface area contributed by atoms with Gasteiger partial charge in [0.1, 0.15) is 18.3 Å². The molecule has 27 heavy (non-hydrogen) atoms. The highest BCUT2D eigenvalue weighted by Gasteiger charge is 2.36. The molecule has 4 atom stereocenters. The predicted octanol–water partition coefficient (Wildman–Crippen LogP) is -2.17. The van der Waals surface area contributed by atoms with Gasteiger partial charge in [0.05, 0.1) is 33.5 Å². The first-order valence-corrected chi connectivity index (χ1v) is 7.60. The molecule has 11 heteroatoms. The number of ether oxygens (including phenoxy) is 4. The minimum atomic E-state index is -2.35. The Morgan fingerprint density at radius 2 is 1.44 bits per heavy atom. The van der Waals surface area contributed by atoms with Crippen molar-refractivity contribution >= 4 is 11.9 Å². The van der Waals surface area contributed by atoms with Gasteiger partial charge in [-0.2, -0.15) is 0 Å². The van der Waals surface area contributed by atoms with Crippen LogP contribution < -0.4 is 14.2 Å². The van der Waals surface area contributed by atoms with Crippen LogP contribution in [0.1, 0.15) is 10.4 Å². The molecule has 0 spiro atoms. The molecule has 5 N–H and O–H groups in total. The predicted molar refractivity (Wildman–Crippen MR) is 87.6 cm³/mol. The van der Waals surface area contributed by atoms with Crippen LogP contribution in [0.4, 0.5) is 0 Å². The van der Waals surface area contributed by atoms with Gasteiger partial charge in [0, 0.05) is 0 Å². The van der Waals surface area contributed by atoms with Gasteiger partial charge in [-0.1, -0.05) is 0 Å². The van der Waals surface area contributed by atoms with Crippen molar-refractivity contribution in [2.45, 2.75) is 24.4 Å². The minimum Gasteiger partial charge on any atom is -0.493 e. The zero-order valence-electron chi connectivity index (χ0n) is 14.9. The van der Waals surface area contributed by atoms with Gasteiger partial charge in [-0.25, -0.2) is 9.59 Å². The fourth-order valence-electron chi connectivity index (χ4n) is 2.07. The van der Waals surface area contributed by atoms with Gasteiger partial charge in [-0.05, 0) is 12.1 Å². The van der Waals surface area contributed by atoms with E-state index in [9.17, 15) is 30.0 Å². The van der Waals surface area contributed by atoms with Gasteiger partial charge in [0.25, 0.3) is 0 Å². The Hall–Kier alpha value is -2.44. The average molecular weight is 390 g/mol. The minimum absolute atomic E-state index is 0.110. The average Bonchev–Trinajstić information content (AvgIpc) is 2.69. The maximum absolute atomic E-state index is 12.1. The first-order chi connectivity index (χ1) is 12.7. The van der Waals surface area contributed by atoms with E-state index in [0.717, 1.165) is 0 Å². The lowest BCUT2D eigenvalue weighted by molar-refractivity contribution is -0.164. The van der Waals surface area contributed by atoms with Crippen LogP contribution in [0.5, 0.6) is 17.2 Å². The molecule has 1 aromatic rings. The van der Waals surface area contributed by atoms with Crippen molar-refractivity contribution in [1.29, 1.82) is 0 Å². The number of esters is 2. The number of hydrogen-bond donors (Lipinski definition) is 5. The van der Waals surface area contributed by atoms with Crippen molar-refractivity contribution in [2.75, 3.05) is 27.9 Å². The Balaban J connectivity index is 2.96. The smallest absolute Gasteiger partial charge is 0.346 e. The third-order valence-corrected chi connectivity index (χ3v) is 3.59. The number of aliphatic hydroxyl groups excluding tert-OH is 5. The molecular weight excluding hydrogens is 368 g/mol. The number of aliphatic hydroxyl groups is 5. The third-order valence-electron chi connectivity index (χ3n) is 3.59. The first-order valence-electron chi connectivity index (χ1n) is 7.60. The molecule has 0 heterocycles. The highest BCUT2D eigenvalue weighted by molar-refractivity contribution is 5.98. The largest absolute Gasteiger partial charge is 0.493 e. The molecule has 0 aliphatic rings. The fraction of sp³-hybridized carbons (Fsp3) is 0.500. The van der Waals surface area contributed by atoms with Crippen molar-refractivity contribution in [3.63, 3.8) is 0 Å². The van der Waals surface area contributed by atoms with Gasteiger partial charge in [0.2, 0.25) is 5.75 Å². The Bertz CT molecular complexity index is 635. The lowest BCUT2D eigenvalue weighted by atomic mass is 10.0. The Morgan fingerprint density at radius 1 is 0.926 bits per heavy atom. The summed E-state index contributed by atoms with van der Waals surface area (Å²) in [4.78, 5) is 24.0. The lowest BCUT2D eigenvalue weighted by Gasteiger charge is -2.24. The quantitative estimate of drug-likeness (QED) is 0.229. The molecule has 0 saturated heterocycles. The molecule has 152 valence electrons. The summed E-state index contributed by atoms with van der Waals surface area (Å²) in [5.74, 6) is -2.37. The topological polar surface area (TPSA) is 172 Å². The van der Waals surface area contributed by atoms with Crippen molar-refractivity contribution in [3.8, 4) is 17.2 Å². The summed E-state index contributed by atoms with van der Waals surface area (Å²) in [5, 5.41) is 46.7. The molecule has 0 saturated carbocycles. The molecule has 0 amide bonds. The summed E-state index contributed by atoms with van der Waals surface area (Å²) in [6.45, 7) is -0.926. The SMILES string of the molecule is COc1cc(C(=O)OC(=O)[C@H](O)[C@@H](O)[C@H](O)[C@H](O)CO)cc(OC)c1OC. The van der Waals surface area contributed by atoms with Crippen molar-refractivity contribution in [2.24, 2.45) is 0 Å². The second kappa shape index (κ2) is 10.0. The summed E-state index contributed by atoms with van der Waals surface area (Å²) in [5.41, 5.74) is -0.185. The molecule has 0 unspecified atom stereocenters. The van der Waals surface area contributed by atoms with E-state index >= 15 is 0 Å². The molecule has 0 fully saturated rings. The van der Waals surface area contributed by atoms with E-state index in [0.29, 0.717) is 0 Å². The Kier molecular flexibility index (Phi) is 8.40. The zero-order valence-corrected chi connectivity index (χ0v) is 14.9. The van der Waals surface area contributed by atoms with E-state index in [1.54, 1.807) is 0 Å². The summed E-state index contributed by atoms with van der Waals surface area (Å²) in [6.07, 6.45) is -8.42. The molecule has 0 radical (unpaired) electrons. The number of hydrogen-bond acceptors (Lipinski definition) is 11. The number of carbonyl (C=O) groups excluding carboxylic acids is 2. The van der Waals surface area contributed by atoms with E-state index < -0.39 is 43.0 Å². The van der Waals surface area contributed by atoms with Crippen LogP contribution in [0.25, 0.3) is 0 Å². The van der Waals surface area contributed by atoms with Crippen molar-refractivity contribution in [3.05, 3.63) is 17.7 Å². The molecule has 0 aliphatic heterocycles. The van der Waals surface area contributed by atoms with Crippen LogP contribution in [0, 0.1) is 0 Å². The molecule has 0 aliphatic carbocycles. The normalized spacial score (nSPS) is 15.3. The fourth-order valence-corrected chi connectivity index (χ4v) is 2.07. The maximum atomic E-state index is 12.1. The van der Waals surface area contributed by atoms with Crippen molar-refractivity contribution in [1.82, 2.24) is 0 Å². The summed E-state index contributed by atoms with van der Waals surface area (Å²) >= 11 is 0. The highest BCUT2D eigenvalue weighted by Crippen LogP contribution is 2.38. The summed E-state index contributed by atoms with van der Waals surface area (Å²) in [6, 6.07) is 2.40. The standard InChI is InChI=1S/C16H22O11/c1-24-9-4-7(5-10(25-2)14(9)26-3)15(22)27-16(23)13(21)12(20)11(19)8(18)6-17/h4-5,8,11-13,17-21H,6H2,1-3H3/t8-,11-,12+,13-/m1/s1. The maximum Gasteiger partial charge on any atom is 0.346 e. The van der Waals surface area contributed by atoms with E-state index in [1.165, 1.54) is 33.5 Å². The Morgan fingerprint density at radius 3 is 1.85 bits per heavy atom. The highest BCUT2D eigenvalue weighted by atomic mass is 16.6. The van der Waals surface area contributed by atoms with Gasteiger partial charge in [-0.3, -0.25) is 0 Å². The number of benzene rings is 1.